The molecule has 2 aromatic carbocycles. The van der Waals surface area contributed by atoms with E-state index in [2.05, 4.69) is 15.5 Å². The molecule has 1 heterocycles. The molecule has 1 N–H and O–H groups in total. The Labute approximate surface area is 155 Å². The molecular weight excluding hydrogens is 346 g/mol. The van der Waals surface area contributed by atoms with Crippen molar-refractivity contribution in [1.29, 1.82) is 0 Å². The highest BCUT2D eigenvalue weighted by atomic mass is 16.5. The highest BCUT2D eigenvalue weighted by Crippen LogP contribution is 2.13. The summed E-state index contributed by atoms with van der Waals surface area (Å²) in [5.41, 5.74) is 1.73. The van der Waals surface area contributed by atoms with Gasteiger partial charge in [0, 0.05) is 12.6 Å². The van der Waals surface area contributed by atoms with Crippen LogP contribution in [0, 0.1) is 6.92 Å². The summed E-state index contributed by atoms with van der Waals surface area (Å²) in [6.07, 6.45) is 1.56. The van der Waals surface area contributed by atoms with Crippen molar-refractivity contribution in [3.05, 3.63) is 70.4 Å². The lowest BCUT2D eigenvalue weighted by Gasteiger charge is -2.02. The van der Waals surface area contributed by atoms with E-state index in [0.717, 1.165) is 5.56 Å². The number of anilines is 1. The molecule has 0 spiro atoms. The molecule has 8 heteroatoms. The number of hydrogen-bond donors (Lipinski definition) is 1. The summed E-state index contributed by atoms with van der Waals surface area (Å²) in [5.74, 6) is 1.02. The second-order valence-electron chi connectivity index (χ2n) is 5.80. The topological polar surface area (TPSA) is 90.5 Å². The molecule has 3 aromatic rings. The predicted octanol–water partition coefficient (Wildman–Crippen LogP) is 2.19. The number of aromatic nitrogens is 3. The highest BCUT2D eigenvalue weighted by Gasteiger charge is 2.10. The van der Waals surface area contributed by atoms with Crippen LogP contribution in [0.3, 0.4) is 0 Å². The molecule has 1 aromatic heterocycles. The molecule has 0 aliphatic heterocycles. The number of ether oxygens (including phenoxy) is 1. The van der Waals surface area contributed by atoms with Gasteiger partial charge in [0.15, 0.2) is 5.82 Å². The Hall–Kier alpha value is -3.68. The minimum atomic E-state index is -0.371. The van der Waals surface area contributed by atoms with Crippen LogP contribution in [-0.2, 0) is 4.79 Å². The van der Waals surface area contributed by atoms with E-state index >= 15 is 0 Å². The number of carbonyl (C=O) groups excluding carboxylic acids is 1. The molecule has 8 nitrogen and oxygen atoms in total. The van der Waals surface area contributed by atoms with E-state index in [1.807, 2.05) is 0 Å². The van der Waals surface area contributed by atoms with Crippen LogP contribution in [-0.4, -0.2) is 33.7 Å². The number of methoxy groups -OCH3 is 1. The lowest BCUT2D eigenvalue weighted by atomic mass is 10.2. The fraction of sp³-hybridized carbons (Fsp3) is 0.158. The zero-order valence-corrected chi connectivity index (χ0v) is 15.2. The SMILES string of the molecule is COc1ccc(-n2nc(C)n(/N=C/c3ccc(NC(C)=O)cc3)c2=O)cc1. The van der Waals surface area contributed by atoms with Gasteiger partial charge >= 0.3 is 5.69 Å². The molecule has 0 unspecified atom stereocenters. The smallest absolute Gasteiger partial charge is 0.371 e. The number of amides is 1. The standard InChI is InChI=1S/C19H19N5O3/c1-13-22-24(17-8-10-18(27-3)11-9-17)19(26)23(13)20-12-15-4-6-16(7-5-15)21-14(2)25/h4-12H,1-3H3,(H,21,25)/b20-12+. The maximum atomic E-state index is 12.6. The minimum absolute atomic E-state index is 0.135. The summed E-state index contributed by atoms with van der Waals surface area (Å²) in [5, 5.41) is 11.2. The van der Waals surface area contributed by atoms with E-state index in [9.17, 15) is 9.59 Å². The van der Waals surface area contributed by atoms with E-state index < -0.39 is 0 Å². The van der Waals surface area contributed by atoms with Crippen molar-refractivity contribution in [2.45, 2.75) is 13.8 Å². The summed E-state index contributed by atoms with van der Waals surface area (Å²) in [6, 6.07) is 14.1. The predicted molar refractivity (Wildman–Crippen MR) is 103 cm³/mol. The van der Waals surface area contributed by atoms with Crippen molar-refractivity contribution in [2.24, 2.45) is 5.10 Å². The van der Waals surface area contributed by atoms with Gasteiger partial charge in [-0.15, -0.1) is 5.10 Å². The van der Waals surface area contributed by atoms with Crippen LogP contribution < -0.4 is 15.7 Å². The maximum Gasteiger partial charge on any atom is 0.371 e. The van der Waals surface area contributed by atoms with Gasteiger partial charge in [0.05, 0.1) is 19.0 Å². The van der Waals surface area contributed by atoms with Crippen molar-refractivity contribution in [3.63, 3.8) is 0 Å². The first-order chi connectivity index (χ1) is 13.0. The number of carbonyl (C=O) groups is 1. The van der Waals surface area contributed by atoms with E-state index in [4.69, 9.17) is 4.74 Å². The quantitative estimate of drug-likeness (QED) is 0.702. The van der Waals surface area contributed by atoms with Crippen LogP contribution in [0.25, 0.3) is 5.69 Å². The average molecular weight is 365 g/mol. The molecule has 0 saturated carbocycles. The lowest BCUT2D eigenvalue weighted by Crippen LogP contribution is -2.21. The van der Waals surface area contributed by atoms with Crippen LogP contribution in [0.5, 0.6) is 5.75 Å². The summed E-state index contributed by atoms with van der Waals surface area (Å²) in [6.45, 7) is 3.16. The van der Waals surface area contributed by atoms with Crippen molar-refractivity contribution >= 4 is 17.8 Å². The van der Waals surface area contributed by atoms with Crippen LogP contribution in [0.4, 0.5) is 5.69 Å². The maximum absolute atomic E-state index is 12.6. The minimum Gasteiger partial charge on any atom is -0.497 e. The van der Waals surface area contributed by atoms with Crippen LogP contribution >= 0.6 is 0 Å². The molecule has 0 radical (unpaired) electrons. The Morgan fingerprint density at radius 2 is 1.81 bits per heavy atom. The monoisotopic (exact) mass is 365 g/mol. The first-order valence-electron chi connectivity index (χ1n) is 8.23. The van der Waals surface area contributed by atoms with Crippen LogP contribution in [0.15, 0.2) is 58.4 Å². The Morgan fingerprint density at radius 3 is 2.41 bits per heavy atom. The molecule has 3 rings (SSSR count). The normalized spacial score (nSPS) is 10.9. The van der Waals surface area contributed by atoms with Crippen molar-refractivity contribution in [3.8, 4) is 11.4 Å². The van der Waals surface area contributed by atoms with Gasteiger partial charge in [-0.2, -0.15) is 14.5 Å². The van der Waals surface area contributed by atoms with Crippen LogP contribution in [0.1, 0.15) is 18.3 Å². The first kappa shape index (κ1) is 18.1. The fourth-order valence-electron chi connectivity index (χ4n) is 2.46. The highest BCUT2D eigenvalue weighted by molar-refractivity contribution is 5.89. The van der Waals surface area contributed by atoms with Crippen molar-refractivity contribution < 1.29 is 9.53 Å². The van der Waals surface area contributed by atoms with Gasteiger partial charge in [-0.3, -0.25) is 4.79 Å². The van der Waals surface area contributed by atoms with Gasteiger partial charge in [-0.25, -0.2) is 4.79 Å². The molecule has 0 saturated heterocycles. The van der Waals surface area contributed by atoms with Crippen LogP contribution in [0.2, 0.25) is 0 Å². The zero-order valence-electron chi connectivity index (χ0n) is 15.2. The molecule has 0 bridgehead atoms. The number of nitrogens with zero attached hydrogens (tertiary/aromatic N) is 4. The first-order valence-corrected chi connectivity index (χ1v) is 8.23. The third-order valence-electron chi connectivity index (χ3n) is 3.78. The third-order valence-corrected chi connectivity index (χ3v) is 3.78. The Bertz CT molecular complexity index is 1030. The van der Waals surface area contributed by atoms with Gasteiger partial charge in [-0.1, -0.05) is 12.1 Å². The van der Waals surface area contributed by atoms with Crippen molar-refractivity contribution in [2.75, 3.05) is 12.4 Å². The number of benzene rings is 2. The molecule has 138 valence electrons. The molecule has 0 aliphatic rings. The van der Waals surface area contributed by atoms with E-state index in [1.54, 1.807) is 68.8 Å². The van der Waals surface area contributed by atoms with E-state index in [-0.39, 0.29) is 11.6 Å². The molecule has 1 amide bonds. The summed E-state index contributed by atoms with van der Waals surface area (Å²) >= 11 is 0. The largest absolute Gasteiger partial charge is 0.497 e. The third kappa shape index (κ3) is 4.12. The fourth-order valence-corrected chi connectivity index (χ4v) is 2.46. The van der Waals surface area contributed by atoms with E-state index in [0.29, 0.717) is 22.9 Å². The number of aryl methyl sites for hydroxylation is 1. The van der Waals surface area contributed by atoms with Crippen molar-refractivity contribution in [1.82, 2.24) is 14.5 Å². The van der Waals surface area contributed by atoms with Gasteiger partial charge in [0.2, 0.25) is 5.91 Å². The molecule has 0 aliphatic carbocycles. The zero-order chi connectivity index (χ0) is 19.4. The molecule has 0 fully saturated rings. The number of rotatable bonds is 5. The molecule has 0 atom stereocenters. The number of hydrogen-bond acceptors (Lipinski definition) is 5. The summed E-state index contributed by atoms with van der Waals surface area (Å²) < 4.78 is 7.63. The second kappa shape index (κ2) is 7.69. The summed E-state index contributed by atoms with van der Waals surface area (Å²) in [4.78, 5) is 23.7. The van der Waals surface area contributed by atoms with Gasteiger partial charge in [-0.05, 0) is 48.9 Å². The Kier molecular flexibility index (Phi) is 5.16. The molecule has 27 heavy (non-hydrogen) atoms. The second-order valence-corrected chi connectivity index (χ2v) is 5.80. The Morgan fingerprint density at radius 1 is 1.15 bits per heavy atom. The Balaban J connectivity index is 1.85. The average Bonchev–Trinajstić information content (AvgIpc) is 2.95. The summed E-state index contributed by atoms with van der Waals surface area (Å²) in [7, 11) is 1.58. The number of nitrogens with one attached hydrogen (secondary N) is 1. The van der Waals surface area contributed by atoms with Gasteiger partial charge in [0.25, 0.3) is 0 Å². The van der Waals surface area contributed by atoms with Gasteiger partial charge in [0.1, 0.15) is 5.75 Å². The lowest BCUT2D eigenvalue weighted by molar-refractivity contribution is -0.114. The van der Waals surface area contributed by atoms with E-state index in [1.165, 1.54) is 16.3 Å². The molecular formula is C19H19N5O3. The van der Waals surface area contributed by atoms with Gasteiger partial charge < -0.3 is 10.1 Å².